The van der Waals surface area contributed by atoms with Crippen molar-refractivity contribution in [1.82, 2.24) is 0 Å². The molecule has 0 spiro atoms. The van der Waals surface area contributed by atoms with Gasteiger partial charge in [0.25, 0.3) is 11.8 Å². The molecule has 0 radical (unpaired) electrons. The van der Waals surface area contributed by atoms with Crippen molar-refractivity contribution in [2.24, 2.45) is 5.92 Å². The summed E-state index contributed by atoms with van der Waals surface area (Å²) in [5, 5.41) is 6.05. The summed E-state index contributed by atoms with van der Waals surface area (Å²) in [5.74, 6) is -0.537. The van der Waals surface area contributed by atoms with Crippen LogP contribution in [0.2, 0.25) is 0 Å². The van der Waals surface area contributed by atoms with Crippen LogP contribution in [0.1, 0.15) is 31.4 Å². The quantitative estimate of drug-likeness (QED) is 0.357. The van der Waals surface area contributed by atoms with Gasteiger partial charge in [0.15, 0.2) is 0 Å². The molecule has 4 rings (SSSR count). The molecule has 0 aromatic heterocycles. The molecule has 1 aliphatic rings. The monoisotopic (exact) mass is 499 g/mol. The highest BCUT2D eigenvalue weighted by molar-refractivity contribution is 8.04. The molecule has 0 saturated heterocycles. The van der Waals surface area contributed by atoms with Gasteiger partial charge in [0.1, 0.15) is 10.6 Å². The van der Waals surface area contributed by atoms with Gasteiger partial charge in [-0.1, -0.05) is 49.9 Å². The van der Waals surface area contributed by atoms with E-state index in [1.807, 2.05) is 82.3 Å². The SMILES string of the molecule is Cc1ccc(N2C(=O)C(Nc3ccccc3)=C(Sc3ccc(NC(=O)CC(C)C)cc3)C2=O)cc1C. The van der Waals surface area contributed by atoms with E-state index in [2.05, 4.69) is 10.6 Å². The molecule has 1 aliphatic heterocycles. The van der Waals surface area contributed by atoms with Gasteiger partial charge in [-0.3, -0.25) is 14.4 Å². The number of hydrogen-bond acceptors (Lipinski definition) is 5. The summed E-state index contributed by atoms with van der Waals surface area (Å²) < 4.78 is 0. The van der Waals surface area contributed by atoms with Crippen LogP contribution in [0.4, 0.5) is 17.1 Å². The Labute approximate surface area is 215 Å². The largest absolute Gasteiger partial charge is 0.350 e. The zero-order chi connectivity index (χ0) is 25.8. The molecule has 0 aliphatic carbocycles. The van der Waals surface area contributed by atoms with Gasteiger partial charge in [0.2, 0.25) is 5.91 Å². The predicted molar refractivity (Wildman–Crippen MR) is 146 cm³/mol. The second-order valence-electron chi connectivity index (χ2n) is 9.18. The molecule has 3 aromatic rings. The summed E-state index contributed by atoms with van der Waals surface area (Å²) in [6.45, 7) is 7.94. The zero-order valence-corrected chi connectivity index (χ0v) is 21.6. The van der Waals surface area contributed by atoms with Gasteiger partial charge < -0.3 is 10.6 Å². The first kappa shape index (κ1) is 25.3. The first-order valence-corrected chi connectivity index (χ1v) is 12.6. The Balaban J connectivity index is 1.62. The Morgan fingerprint density at radius 2 is 1.56 bits per heavy atom. The molecule has 36 heavy (non-hydrogen) atoms. The highest BCUT2D eigenvalue weighted by Crippen LogP contribution is 2.38. The van der Waals surface area contributed by atoms with Gasteiger partial charge in [-0.25, -0.2) is 4.90 Å². The van der Waals surface area contributed by atoms with E-state index in [0.717, 1.165) is 21.7 Å². The smallest absolute Gasteiger partial charge is 0.283 e. The maximum absolute atomic E-state index is 13.6. The lowest BCUT2D eigenvalue weighted by molar-refractivity contribution is -0.120. The Kier molecular flexibility index (Phi) is 7.60. The van der Waals surface area contributed by atoms with Crippen LogP contribution in [0.25, 0.3) is 0 Å². The number of thioether (sulfide) groups is 1. The Bertz CT molecular complexity index is 1330. The highest BCUT2D eigenvalue weighted by atomic mass is 32.2. The molecule has 184 valence electrons. The van der Waals surface area contributed by atoms with Crippen LogP contribution >= 0.6 is 11.8 Å². The van der Waals surface area contributed by atoms with Crippen molar-refractivity contribution in [2.75, 3.05) is 15.5 Å². The minimum Gasteiger partial charge on any atom is -0.350 e. The molecule has 0 saturated carbocycles. The molecule has 7 heteroatoms. The molecule has 1 heterocycles. The molecule has 2 N–H and O–H groups in total. The fourth-order valence-corrected chi connectivity index (χ4v) is 4.71. The van der Waals surface area contributed by atoms with Gasteiger partial charge in [0, 0.05) is 22.7 Å². The lowest BCUT2D eigenvalue weighted by Gasteiger charge is -2.16. The van der Waals surface area contributed by atoms with Crippen molar-refractivity contribution in [3.05, 3.63) is 94.5 Å². The molecular weight excluding hydrogens is 470 g/mol. The van der Waals surface area contributed by atoms with Crippen molar-refractivity contribution < 1.29 is 14.4 Å². The number of aryl methyl sites for hydroxylation is 2. The average Bonchev–Trinajstić information content (AvgIpc) is 3.06. The lowest BCUT2D eigenvalue weighted by atomic mass is 10.1. The Morgan fingerprint density at radius 1 is 0.861 bits per heavy atom. The van der Waals surface area contributed by atoms with E-state index in [9.17, 15) is 14.4 Å². The molecule has 0 atom stereocenters. The Morgan fingerprint density at radius 3 is 2.19 bits per heavy atom. The number of benzene rings is 3. The minimum absolute atomic E-state index is 0.0388. The maximum atomic E-state index is 13.6. The summed E-state index contributed by atoms with van der Waals surface area (Å²) in [6, 6.07) is 22.1. The normalized spacial score (nSPS) is 13.5. The number of para-hydroxylation sites is 1. The summed E-state index contributed by atoms with van der Waals surface area (Å²) >= 11 is 1.23. The third-order valence-electron chi connectivity index (χ3n) is 5.78. The number of nitrogens with zero attached hydrogens (tertiary/aromatic N) is 1. The predicted octanol–water partition coefficient (Wildman–Crippen LogP) is 6.28. The number of nitrogens with one attached hydrogen (secondary N) is 2. The number of anilines is 3. The van der Waals surface area contributed by atoms with Crippen molar-refractivity contribution in [2.45, 2.75) is 39.0 Å². The standard InChI is InChI=1S/C29H29N3O3S/c1-18(2)16-25(33)30-22-11-14-24(15-12-22)36-27-26(31-21-8-6-5-7-9-21)28(34)32(29(27)35)23-13-10-19(3)20(4)17-23/h5-15,17-18,31H,16H2,1-4H3,(H,30,33). The first-order chi connectivity index (χ1) is 17.2. The van der Waals surface area contributed by atoms with Gasteiger partial charge in [-0.15, -0.1) is 0 Å². The molecular formula is C29H29N3O3S. The van der Waals surface area contributed by atoms with E-state index in [4.69, 9.17) is 0 Å². The Hall–Kier alpha value is -3.84. The summed E-state index contributed by atoms with van der Waals surface area (Å²) in [7, 11) is 0. The van der Waals surface area contributed by atoms with E-state index >= 15 is 0 Å². The molecule has 3 amide bonds. The average molecular weight is 500 g/mol. The molecule has 0 unspecified atom stereocenters. The molecule has 0 bridgehead atoms. The van der Waals surface area contributed by atoms with Crippen LogP contribution in [0.3, 0.4) is 0 Å². The first-order valence-electron chi connectivity index (χ1n) is 11.8. The van der Waals surface area contributed by atoms with Gasteiger partial charge in [0.05, 0.1) is 5.69 Å². The summed E-state index contributed by atoms with van der Waals surface area (Å²) in [4.78, 5) is 41.5. The van der Waals surface area contributed by atoms with Crippen LogP contribution in [0.5, 0.6) is 0 Å². The van der Waals surface area contributed by atoms with E-state index in [1.54, 1.807) is 18.2 Å². The van der Waals surface area contributed by atoms with Crippen molar-refractivity contribution >= 4 is 46.5 Å². The number of imide groups is 1. The third-order valence-corrected chi connectivity index (χ3v) is 6.88. The van der Waals surface area contributed by atoms with E-state index in [-0.39, 0.29) is 23.4 Å². The molecule has 0 fully saturated rings. The summed E-state index contributed by atoms with van der Waals surface area (Å²) in [5.41, 5.74) is 4.28. The number of carbonyl (C=O) groups is 3. The van der Waals surface area contributed by atoms with Gasteiger partial charge in [-0.2, -0.15) is 0 Å². The van der Waals surface area contributed by atoms with E-state index in [0.29, 0.717) is 22.7 Å². The highest BCUT2D eigenvalue weighted by Gasteiger charge is 2.40. The van der Waals surface area contributed by atoms with Crippen LogP contribution < -0.4 is 15.5 Å². The number of hydrogen-bond donors (Lipinski definition) is 2. The maximum Gasteiger partial charge on any atom is 0.283 e. The van der Waals surface area contributed by atoms with Crippen molar-refractivity contribution in [1.29, 1.82) is 0 Å². The van der Waals surface area contributed by atoms with Gasteiger partial charge >= 0.3 is 0 Å². The fraction of sp³-hybridized carbons (Fsp3) is 0.207. The van der Waals surface area contributed by atoms with Crippen LogP contribution in [-0.2, 0) is 14.4 Å². The van der Waals surface area contributed by atoms with Crippen molar-refractivity contribution in [3.63, 3.8) is 0 Å². The fourth-order valence-electron chi connectivity index (χ4n) is 3.79. The second kappa shape index (κ2) is 10.8. The second-order valence-corrected chi connectivity index (χ2v) is 10.3. The van der Waals surface area contributed by atoms with E-state index in [1.165, 1.54) is 16.7 Å². The third kappa shape index (κ3) is 5.69. The van der Waals surface area contributed by atoms with Crippen LogP contribution in [-0.4, -0.2) is 17.7 Å². The topological polar surface area (TPSA) is 78.5 Å². The summed E-state index contributed by atoms with van der Waals surface area (Å²) in [6.07, 6.45) is 0.447. The van der Waals surface area contributed by atoms with Crippen LogP contribution in [0, 0.1) is 19.8 Å². The van der Waals surface area contributed by atoms with Crippen molar-refractivity contribution in [3.8, 4) is 0 Å². The molecule has 6 nitrogen and oxygen atoms in total. The molecule has 3 aromatic carbocycles. The number of rotatable bonds is 8. The lowest BCUT2D eigenvalue weighted by Crippen LogP contribution is -2.32. The number of amides is 3. The van der Waals surface area contributed by atoms with Gasteiger partial charge in [-0.05, 0) is 79.4 Å². The van der Waals surface area contributed by atoms with Crippen LogP contribution in [0.15, 0.2) is 88.3 Å². The minimum atomic E-state index is -0.396. The number of carbonyl (C=O) groups excluding carboxylic acids is 3. The zero-order valence-electron chi connectivity index (χ0n) is 20.8. The van der Waals surface area contributed by atoms with E-state index < -0.39 is 5.91 Å².